The van der Waals surface area contributed by atoms with Crippen LogP contribution in [0.25, 0.3) is 11.3 Å². The first-order valence-corrected chi connectivity index (χ1v) is 13.3. The second kappa shape index (κ2) is 11.0. The van der Waals surface area contributed by atoms with Crippen molar-refractivity contribution in [1.29, 1.82) is 0 Å². The van der Waals surface area contributed by atoms with Crippen molar-refractivity contribution >= 4 is 34.1 Å². The summed E-state index contributed by atoms with van der Waals surface area (Å²) in [7, 11) is 0. The summed E-state index contributed by atoms with van der Waals surface area (Å²) in [4.78, 5) is 17.1. The Kier molecular flexibility index (Phi) is 7.87. The number of ether oxygens (including phenoxy) is 1. The standard InChI is InChI=1S/C26H29N5O2S2/c1-6-31-24(19(5)33-21-12-17(3)11-18(4)13-21)29-30-26(31)35-15-23(32)28-25-27-22(14-34-25)20-9-7-16(2)8-10-20/h7-14,19H,6,15H2,1-5H3,(H,27,28,32). The number of aromatic nitrogens is 4. The average Bonchev–Trinajstić information content (AvgIpc) is 3.44. The Bertz CT molecular complexity index is 1290. The Morgan fingerprint density at radius 1 is 1.09 bits per heavy atom. The van der Waals surface area contributed by atoms with Gasteiger partial charge in [-0.1, -0.05) is 47.7 Å². The van der Waals surface area contributed by atoms with Crippen molar-refractivity contribution in [3.63, 3.8) is 0 Å². The molecule has 1 N–H and O–H groups in total. The van der Waals surface area contributed by atoms with E-state index in [-0.39, 0.29) is 17.8 Å². The molecule has 2 heterocycles. The second-order valence-corrected chi connectivity index (χ2v) is 10.2. The van der Waals surface area contributed by atoms with Gasteiger partial charge in [-0.3, -0.25) is 4.79 Å². The number of thioether (sulfide) groups is 1. The minimum atomic E-state index is -0.276. The highest BCUT2D eigenvalue weighted by molar-refractivity contribution is 7.99. The number of hydrogen-bond donors (Lipinski definition) is 1. The Morgan fingerprint density at radius 2 is 1.80 bits per heavy atom. The molecule has 0 saturated carbocycles. The van der Waals surface area contributed by atoms with Gasteiger partial charge in [0.1, 0.15) is 5.75 Å². The lowest BCUT2D eigenvalue weighted by Crippen LogP contribution is -2.15. The number of aryl methyl sites for hydroxylation is 3. The Morgan fingerprint density at radius 3 is 2.49 bits per heavy atom. The fourth-order valence-electron chi connectivity index (χ4n) is 3.74. The Labute approximate surface area is 214 Å². The van der Waals surface area contributed by atoms with Gasteiger partial charge in [0.25, 0.3) is 0 Å². The molecule has 0 saturated heterocycles. The van der Waals surface area contributed by atoms with E-state index in [9.17, 15) is 4.79 Å². The molecule has 9 heteroatoms. The molecule has 0 aliphatic heterocycles. The summed E-state index contributed by atoms with van der Waals surface area (Å²) in [6, 6.07) is 14.3. The van der Waals surface area contributed by atoms with E-state index in [0.717, 1.165) is 34.0 Å². The Balaban J connectivity index is 1.36. The van der Waals surface area contributed by atoms with Gasteiger partial charge >= 0.3 is 0 Å². The van der Waals surface area contributed by atoms with Crippen LogP contribution in [0.1, 0.15) is 42.5 Å². The highest BCUT2D eigenvalue weighted by atomic mass is 32.2. The van der Waals surface area contributed by atoms with Crippen LogP contribution >= 0.6 is 23.1 Å². The molecule has 0 aliphatic rings. The molecule has 0 radical (unpaired) electrons. The van der Waals surface area contributed by atoms with Crippen LogP contribution < -0.4 is 10.1 Å². The van der Waals surface area contributed by atoms with E-state index in [1.165, 1.54) is 28.7 Å². The quantitative estimate of drug-likeness (QED) is 0.271. The molecule has 1 amide bonds. The number of nitrogens with zero attached hydrogens (tertiary/aromatic N) is 4. The highest BCUT2D eigenvalue weighted by Gasteiger charge is 2.20. The van der Waals surface area contributed by atoms with Gasteiger partial charge in [-0.05, 0) is 57.9 Å². The van der Waals surface area contributed by atoms with Gasteiger partial charge in [0.2, 0.25) is 5.91 Å². The molecular formula is C26H29N5O2S2. The van der Waals surface area contributed by atoms with Crippen LogP contribution in [0.15, 0.2) is 53.0 Å². The van der Waals surface area contributed by atoms with Gasteiger partial charge in [-0.15, -0.1) is 21.5 Å². The first-order valence-electron chi connectivity index (χ1n) is 11.5. The Hall–Kier alpha value is -3.17. The maximum atomic E-state index is 12.6. The summed E-state index contributed by atoms with van der Waals surface area (Å²) in [5.74, 6) is 1.62. The largest absolute Gasteiger partial charge is 0.483 e. The summed E-state index contributed by atoms with van der Waals surface area (Å²) >= 11 is 2.77. The topological polar surface area (TPSA) is 81.9 Å². The summed E-state index contributed by atoms with van der Waals surface area (Å²) in [6.07, 6.45) is -0.276. The van der Waals surface area contributed by atoms with Crippen LogP contribution in [0.5, 0.6) is 5.75 Å². The lowest BCUT2D eigenvalue weighted by molar-refractivity contribution is -0.113. The van der Waals surface area contributed by atoms with Gasteiger partial charge in [0.05, 0.1) is 11.4 Å². The third kappa shape index (κ3) is 6.29. The average molecular weight is 508 g/mol. The van der Waals surface area contributed by atoms with Crippen molar-refractivity contribution in [3.05, 3.63) is 70.4 Å². The van der Waals surface area contributed by atoms with Crippen molar-refractivity contribution in [2.45, 2.75) is 52.4 Å². The zero-order valence-corrected chi connectivity index (χ0v) is 22.2. The number of hydrogen-bond acceptors (Lipinski definition) is 7. The van der Waals surface area contributed by atoms with E-state index in [0.29, 0.717) is 16.8 Å². The monoisotopic (exact) mass is 507 g/mol. The zero-order chi connectivity index (χ0) is 24.9. The van der Waals surface area contributed by atoms with E-state index in [1.807, 2.05) is 61.9 Å². The third-order valence-electron chi connectivity index (χ3n) is 5.36. The lowest BCUT2D eigenvalue weighted by Gasteiger charge is -2.16. The van der Waals surface area contributed by atoms with Gasteiger partial charge in [0.15, 0.2) is 22.2 Å². The van der Waals surface area contributed by atoms with E-state index in [1.54, 1.807) is 0 Å². The van der Waals surface area contributed by atoms with Gasteiger partial charge in [-0.25, -0.2) is 4.98 Å². The number of anilines is 1. The van der Waals surface area contributed by atoms with Crippen molar-refractivity contribution in [3.8, 4) is 17.0 Å². The molecule has 1 unspecified atom stereocenters. The van der Waals surface area contributed by atoms with Crippen LogP contribution in [0.2, 0.25) is 0 Å². The third-order valence-corrected chi connectivity index (χ3v) is 7.09. The molecular weight excluding hydrogens is 478 g/mol. The summed E-state index contributed by atoms with van der Waals surface area (Å²) in [6.45, 7) is 10.8. The normalized spacial score (nSPS) is 11.9. The summed E-state index contributed by atoms with van der Waals surface area (Å²) in [5, 5.41) is 14.8. The van der Waals surface area contributed by atoms with Crippen LogP contribution in [0, 0.1) is 20.8 Å². The molecule has 4 aromatic rings. The van der Waals surface area contributed by atoms with E-state index < -0.39 is 0 Å². The molecule has 0 aliphatic carbocycles. The maximum Gasteiger partial charge on any atom is 0.236 e. The predicted molar refractivity (Wildman–Crippen MR) is 142 cm³/mol. The molecule has 2 aromatic heterocycles. The number of rotatable bonds is 9. The smallest absolute Gasteiger partial charge is 0.236 e. The molecule has 0 fully saturated rings. The molecule has 182 valence electrons. The van der Waals surface area contributed by atoms with Crippen molar-refractivity contribution in [1.82, 2.24) is 19.7 Å². The number of carbonyl (C=O) groups excluding carboxylic acids is 1. The molecule has 0 spiro atoms. The van der Waals surface area contributed by atoms with Crippen LogP contribution in [-0.2, 0) is 11.3 Å². The fourth-order valence-corrected chi connectivity index (χ4v) is 5.28. The van der Waals surface area contributed by atoms with Gasteiger partial charge in [-0.2, -0.15) is 0 Å². The van der Waals surface area contributed by atoms with E-state index in [4.69, 9.17) is 4.74 Å². The minimum Gasteiger partial charge on any atom is -0.483 e. The fraction of sp³-hybridized carbons (Fsp3) is 0.308. The van der Waals surface area contributed by atoms with Crippen molar-refractivity contribution < 1.29 is 9.53 Å². The van der Waals surface area contributed by atoms with Crippen LogP contribution in [0.4, 0.5) is 5.13 Å². The second-order valence-electron chi connectivity index (χ2n) is 8.41. The van der Waals surface area contributed by atoms with Crippen LogP contribution in [-0.4, -0.2) is 31.4 Å². The van der Waals surface area contributed by atoms with Crippen LogP contribution in [0.3, 0.4) is 0 Å². The summed E-state index contributed by atoms with van der Waals surface area (Å²) < 4.78 is 8.14. The molecule has 0 bridgehead atoms. The number of nitrogens with one attached hydrogen (secondary N) is 1. The zero-order valence-electron chi connectivity index (χ0n) is 20.5. The lowest BCUT2D eigenvalue weighted by atomic mass is 10.1. The number of amides is 1. The molecule has 1 atom stereocenters. The number of benzene rings is 2. The molecule has 4 rings (SSSR count). The van der Waals surface area contributed by atoms with Gasteiger partial charge in [0, 0.05) is 17.5 Å². The van der Waals surface area contributed by atoms with E-state index >= 15 is 0 Å². The first kappa shape index (κ1) is 24.9. The van der Waals surface area contributed by atoms with Gasteiger partial charge < -0.3 is 14.6 Å². The molecule has 35 heavy (non-hydrogen) atoms. The van der Waals surface area contributed by atoms with Crippen molar-refractivity contribution in [2.75, 3.05) is 11.1 Å². The molecule has 7 nitrogen and oxygen atoms in total. The predicted octanol–water partition coefficient (Wildman–Crippen LogP) is 6.22. The molecule has 2 aromatic carbocycles. The number of carbonyl (C=O) groups is 1. The minimum absolute atomic E-state index is 0.133. The SMILES string of the molecule is CCn1c(SCC(=O)Nc2nc(-c3ccc(C)cc3)cs2)nnc1C(C)Oc1cc(C)cc(C)c1. The maximum absolute atomic E-state index is 12.6. The number of thiazole rings is 1. The first-order chi connectivity index (χ1) is 16.8. The highest BCUT2D eigenvalue weighted by Crippen LogP contribution is 2.27. The summed E-state index contributed by atoms with van der Waals surface area (Å²) in [5.41, 5.74) is 5.38. The van der Waals surface area contributed by atoms with Crippen molar-refractivity contribution in [2.24, 2.45) is 0 Å². The van der Waals surface area contributed by atoms with E-state index in [2.05, 4.69) is 45.6 Å².